The number of allylic oxidation sites excluding steroid dienone is 1. The van der Waals surface area contributed by atoms with Crippen LogP contribution >= 0.6 is 0 Å². The summed E-state index contributed by atoms with van der Waals surface area (Å²) in [5, 5.41) is 5.20. The first kappa shape index (κ1) is 40.0. The summed E-state index contributed by atoms with van der Waals surface area (Å²) in [6.45, 7) is 16.9. The molecule has 46 heavy (non-hydrogen) atoms. The highest BCUT2D eigenvalue weighted by Gasteiger charge is 2.13. The summed E-state index contributed by atoms with van der Waals surface area (Å²) in [5.41, 5.74) is 11.4. The van der Waals surface area contributed by atoms with E-state index in [0.717, 1.165) is 12.2 Å². The molecule has 0 N–H and O–H groups in total. The van der Waals surface area contributed by atoms with Crippen molar-refractivity contribution >= 4 is 11.8 Å². The molecule has 0 heterocycles. The van der Waals surface area contributed by atoms with Crippen molar-refractivity contribution in [2.75, 3.05) is 6.54 Å². The first-order chi connectivity index (χ1) is 22.5. The molecule has 0 fully saturated rings. The minimum Gasteiger partial charge on any atom is -0.0885 e. The molecule has 0 saturated carbocycles. The number of rotatable bonds is 26. The standard InChI is InChI=1S/C44H73N2/c1-8-13-17-20-22-25-28-40-31-32-43(36-41(40)29-24-19-15-10-3)45-46(12-5)38(7)34-39-33-37(6)44(42(35-39)27-16-11-4)30-26-23-21-18-14-9-2/h31-36H,8-30H2,1-7H3/q+1. The highest BCUT2D eigenvalue weighted by molar-refractivity contribution is 5.55. The Bertz CT molecular complexity index is 1150. The van der Waals surface area contributed by atoms with Crippen LogP contribution in [-0.4, -0.2) is 11.2 Å². The Morgan fingerprint density at radius 1 is 0.565 bits per heavy atom. The van der Waals surface area contributed by atoms with Crippen molar-refractivity contribution in [3.8, 4) is 0 Å². The van der Waals surface area contributed by atoms with Crippen molar-refractivity contribution in [2.45, 2.75) is 190 Å². The molecule has 2 rings (SSSR count). The maximum absolute atomic E-state index is 5.20. The van der Waals surface area contributed by atoms with Crippen LogP contribution in [0.1, 0.15) is 190 Å². The van der Waals surface area contributed by atoms with Gasteiger partial charge in [-0.15, -0.1) is 0 Å². The number of aryl methyl sites for hydroxylation is 4. The van der Waals surface area contributed by atoms with Gasteiger partial charge in [-0.3, -0.25) is 0 Å². The van der Waals surface area contributed by atoms with Crippen LogP contribution in [0, 0.1) is 6.92 Å². The summed E-state index contributed by atoms with van der Waals surface area (Å²) >= 11 is 0. The quantitative estimate of drug-likeness (QED) is 0.0559. The van der Waals surface area contributed by atoms with Crippen molar-refractivity contribution < 1.29 is 4.70 Å². The van der Waals surface area contributed by atoms with E-state index in [9.17, 15) is 0 Å². The molecule has 0 spiro atoms. The molecule has 0 unspecified atom stereocenters. The molecule has 2 nitrogen and oxygen atoms in total. The van der Waals surface area contributed by atoms with Crippen LogP contribution in [0.4, 0.5) is 5.69 Å². The van der Waals surface area contributed by atoms with Gasteiger partial charge in [0.1, 0.15) is 5.69 Å². The third-order valence-corrected chi connectivity index (χ3v) is 9.78. The zero-order chi connectivity index (χ0) is 33.4. The van der Waals surface area contributed by atoms with Crippen LogP contribution in [0.15, 0.2) is 41.1 Å². The summed E-state index contributed by atoms with van der Waals surface area (Å²) in [6, 6.07) is 12.0. The molecular weight excluding hydrogens is 556 g/mol. The van der Waals surface area contributed by atoms with Crippen LogP contribution in [0.3, 0.4) is 0 Å². The number of hydrogen-bond acceptors (Lipinski definition) is 1. The second kappa shape index (κ2) is 24.9. The van der Waals surface area contributed by atoms with Gasteiger partial charge in [0.25, 0.3) is 0 Å². The molecule has 0 aromatic heterocycles. The fourth-order valence-electron chi connectivity index (χ4n) is 6.88. The molecule has 2 aromatic rings. The third kappa shape index (κ3) is 15.6. The van der Waals surface area contributed by atoms with Crippen molar-refractivity contribution in [2.24, 2.45) is 5.11 Å². The second-order valence-electron chi connectivity index (χ2n) is 14.0. The van der Waals surface area contributed by atoms with Crippen molar-refractivity contribution in [1.82, 2.24) is 0 Å². The Hall–Kier alpha value is -2.22. The van der Waals surface area contributed by atoms with Gasteiger partial charge in [0, 0.05) is 13.0 Å². The Morgan fingerprint density at radius 2 is 1.09 bits per heavy atom. The van der Waals surface area contributed by atoms with Crippen molar-refractivity contribution in [3.63, 3.8) is 0 Å². The maximum atomic E-state index is 5.20. The van der Waals surface area contributed by atoms with Gasteiger partial charge in [-0.2, -0.15) is 0 Å². The third-order valence-electron chi connectivity index (χ3n) is 9.78. The molecule has 2 heteroatoms. The summed E-state index contributed by atoms with van der Waals surface area (Å²) in [6.07, 6.45) is 31.2. The fraction of sp³-hybridized carbons (Fsp3) is 0.682. The van der Waals surface area contributed by atoms with Gasteiger partial charge >= 0.3 is 0 Å². The number of nitrogens with zero attached hydrogens (tertiary/aromatic N) is 2. The average Bonchev–Trinajstić information content (AvgIpc) is 3.05. The lowest BCUT2D eigenvalue weighted by Gasteiger charge is -2.15. The second-order valence-corrected chi connectivity index (χ2v) is 14.0. The molecule has 0 aliphatic heterocycles. The molecular formula is C44H73N2+. The lowest BCUT2D eigenvalue weighted by Crippen LogP contribution is -2.06. The Labute approximate surface area is 286 Å². The van der Waals surface area contributed by atoms with E-state index in [1.807, 2.05) is 0 Å². The summed E-state index contributed by atoms with van der Waals surface area (Å²) in [5.74, 6) is 0. The monoisotopic (exact) mass is 630 g/mol. The van der Waals surface area contributed by atoms with Gasteiger partial charge in [0.05, 0.1) is 0 Å². The van der Waals surface area contributed by atoms with Crippen molar-refractivity contribution in [1.29, 1.82) is 0 Å². The van der Waals surface area contributed by atoms with Crippen molar-refractivity contribution in [3.05, 3.63) is 69.4 Å². The van der Waals surface area contributed by atoms with E-state index in [-0.39, 0.29) is 0 Å². The highest BCUT2D eigenvalue weighted by atomic mass is 15.3. The molecule has 0 atom stereocenters. The van der Waals surface area contributed by atoms with Gasteiger partial charge in [-0.25, -0.2) is 0 Å². The summed E-state index contributed by atoms with van der Waals surface area (Å²) in [4.78, 5) is 0. The minimum atomic E-state index is 0.867. The number of benzene rings is 2. The lowest BCUT2D eigenvalue weighted by molar-refractivity contribution is -0.537. The smallest absolute Gasteiger partial charge is 0.0885 e. The van der Waals surface area contributed by atoms with E-state index in [0.29, 0.717) is 0 Å². The van der Waals surface area contributed by atoms with E-state index >= 15 is 0 Å². The van der Waals surface area contributed by atoms with E-state index in [2.05, 4.69) is 89.6 Å². The SMILES string of the molecule is CCCCCCCCc1ccc(N=[N+](CC)C(C)=Cc2cc(C)c(CCCCCCCC)c(CCCC)c2)cc1CCCCCC. The summed E-state index contributed by atoms with van der Waals surface area (Å²) < 4.78 is 2.20. The lowest BCUT2D eigenvalue weighted by atomic mass is 9.91. The van der Waals surface area contributed by atoms with Crippen LogP contribution in [0.25, 0.3) is 6.08 Å². The largest absolute Gasteiger partial charge is 0.206 e. The Balaban J connectivity index is 2.25. The van der Waals surface area contributed by atoms with Gasteiger partial charge in [0.2, 0.25) is 5.70 Å². The number of azo groups is 2. The summed E-state index contributed by atoms with van der Waals surface area (Å²) in [7, 11) is 0. The van der Waals surface area contributed by atoms with Crippen LogP contribution < -0.4 is 0 Å². The molecule has 0 aliphatic rings. The van der Waals surface area contributed by atoms with Crippen LogP contribution in [-0.2, 0) is 25.7 Å². The van der Waals surface area contributed by atoms with E-state index in [1.54, 1.807) is 16.7 Å². The van der Waals surface area contributed by atoms with Gasteiger partial charge in [0.15, 0.2) is 6.54 Å². The number of hydrogen-bond donors (Lipinski definition) is 0. The predicted octanol–water partition coefficient (Wildman–Crippen LogP) is 14.4. The first-order valence-electron chi connectivity index (χ1n) is 19.9. The minimum absolute atomic E-state index is 0.867. The molecule has 258 valence electrons. The van der Waals surface area contributed by atoms with Gasteiger partial charge in [-0.05, 0) is 116 Å². The molecule has 2 aromatic carbocycles. The van der Waals surface area contributed by atoms with Crippen LogP contribution in [0.2, 0.25) is 0 Å². The van der Waals surface area contributed by atoms with E-state index in [1.165, 1.54) is 164 Å². The predicted molar refractivity (Wildman–Crippen MR) is 205 cm³/mol. The van der Waals surface area contributed by atoms with E-state index in [4.69, 9.17) is 5.11 Å². The zero-order valence-electron chi connectivity index (χ0n) is 31.6. The molecule has 0 saturated heterocycles. The average molecular weight is 630 g/mol. The van der Waals surface area contributed by atoms with E-state index < -0.39 is 0 Å². The molecule has 0 aliphatic carbocycles. The fourth-order valence-corrected chi connectivity index (χ4v) is 6.88. The highest BCUT2D eigenvalue weighted by Crippen LogP contribution is 2.26. The maximum Gasteiger partial charge on any atom is 0.206 e. The zero-order valence-corrected chi connectivity index (χ0v) is 31.6. The van der Waals surface area contributed by atoms with Gasteiger partial charge in [-0.1, -0.05) is 140 Å². The molecule has 0 bridgehead atoms. The molecule has 0 amide bonds. The first-order valence-corrected chi connectivity index (χ1v) is 19.9. The topological polar surface area (TPSA) is 15.4 Å². The Kier molecular flexibility index (Phi) is 21.6. The molecule has 0 radical (unpaired) electrons. The number of unbranched alkanes of at least 4 members (excludes halogenated alkanes) is 14. The van der Waals surface area contributed by atoms with Crippen LogP contribution in [0.5, 0.6) is 0 Å². The van der Waals surface area contributed by atoms with Gasteiger partial charge < -0.3 is 0 Å². The normalized spacial score (nSPS) is 12.3. The Morgan fingerprint density at radius 3 is 1.70 bits per heavy atom.